The Morgan fingerprint density at radius 3 is 2.91 bits per heavy atom. The Morgan fingerprint density at radius 1 is 1.28 bits per heavy atom. The highest BCUT2D eigenvalue weighted by Gasteiger charge is 2.27. The second-order valence-corrected chi connectivity index (χ2v) is 8.14. The number of pyridine rings is 1. The third kappa shape index (κ3) is 5.26. The monoisotopic (exact) mass is 455 g/mol. The van der Waals surface area contributed by atoms with Gasteiger partial charge < -0.3 is 19.5 Å². The van der Waals surface area contributed by atoms with Crippen molar-refractivity contribution in [1.82, 2.24) is 20.4 Å². The van der Waals surface area contributed by atoms with Crippen LogP contribution < -0.4 is 10.2 Å². The van der Waals surface area contributed by atoms with E-state index in [2.05, 4.69) is 25.3 Å². The number of amides is 1. The van der Waals surface area contributed by atoms with Crippen LogP contribution in [0.1, 0.15) is 19.3 Å². The Balaban J connectivity index is 1.43. The first-order chi connectivity index (χ1) is 15.7. The molecule has 168 valence electrons. The average Bonchev–Trinajstić information content (AvgIpc) is 3.32. The minimum Gasteiger partial charge on any atom is -0.385 e. The highest BCUT2D eigenvalue weighted by molar-refractivity contribution is 6.30. The Bertz CT molecular complexity index is 1050. The van der Waals surface area contributed by atoms with E-state index >= 15 is 0 Å². The quantitative estimate of drug-likeness (QED) is 0.516. The number of carbonyl (C=O) groups excluding carboxylic acids is 1. The van der Waals surface area contributed by atoms with E-state index in [-0.39, 0.29) is 11.8 Å². The van der Waals surface area contributed by atoms with Crippen LogP contribution in [0.4, 0.5) is 5.82 Å². The lowest BCUT2D eigenvalue weighted by Crippen LogP contribution is -2.41. The van der Waals surface area contributed by atoms with E-state index in [0.717, 1.165) is 49.3 Å². The van der Waals surface area contributed by atoms with Gasteiger partial charge in [-0.3, -0.25) is 4.79 Å². The molecule has 0 atom stereocenters. The van der Waals surface area contributed by atoms with Gasteiger partial charge in [0.15, 0.2) is 0 Å². The van der Waals surface area contributed by atoms with Gasteiger partial charge in [0.25, 0.3) is 5.89 Å². The molecular weight excluding hydrogens is 430 g/mol. The van der Waals surface area contributed by atoms with E-state index < -0.39 is 0 Å². The topological polar surface area (TPSA) is 93.4 Å². The lowest BCUT2D eigenvalue weighted by molar-refractivity contribution is -0.125. The van der Waals surface area contributed by atoms with Crippen molar-refractivity contribution in [3.8, 4) is 22.8 Å². The van der Waals surface area contributed by atoms with Crippen molar-refractivity contribution in [1.29, 1.82) is 0 Å². The Labute approximate surface area is 191 Å². The number of nitrogens with zero attached hydrogens (tertiary/aromatic N) is 4. The Hall–Kier alpha value is -2.97. The van der Waals surface area contributed by atoms with Gasteiger partial charge in [0.2, 0.25) is 11.7 Å². The lowest BCUT2D eigenvalue weighted by atomic mass is 9.95. The van der Waals surface area contributed by atoms with Crippen LogP contribution in [0.3, 0.4) is 0 Å². The molecule has 1 fully saturated rings. The first-order valence-corrected chi connectivity index (χ1v) is 11.1. The van der Waals surface area contributed by atoms with Crippen molar-refractivity contribution in [2.75, 3.05) is 38.3 Å². The summed E-state index contributed by atoms with van der Waals surface area (Å²) in [6, 6.07) is 11.1. The lowest BCUT2D eigenvalue weighted by Gasteiger charge is -2.32. The molecule has 8 nitrogen and oxygen atoms in total. The number of methoxy groups -OCH3 is 1. The molecule has 3 aromatic rings. The number of nitrogens with one attached hydrogen (secondary N) is 1. The number of hydrogen-bond donors (Lipinski definition) is 1. The highest BCUT2D eigenvalue weighted by Crippen LogP contribution is 2.32. The van der Waals surface area contributed by atoms with Crippen molar-refractivity contribution >= 4 is 23.3 Å². The summed E-state index contributed by atoms with van der Waals surface area (Å²) in [5, 5.41) is 7.73. The van der Waals surface area contributed by atoms with Gasteiger partial charge in [-0.2, -0.15) is 4.98 Å². The average molecular weight is 456 g/mol. The minimum atomic E-state index is 0.0128. The maximum atomic E-state index is 12.4. The van der Waals surface area contributed by atoms with Crippen LogP contribution in [0.5, 0.6) is 0 Å². The molecule has 0 bridgehead atoms. The molecule has 3 heterocycles. The highest BCUT2D eigenvalue weighted by atomic mass is 35.5. The fraction of sp³-hybridized carbons (Fsp3) is 0.391. The minimum absolute atomic E-state index is 0.0128. The first kappa shape index (κ1) is 22.2. The Morgan fingerprint density at radius 2 is 2.12 bits per heavy atom. The molecule has 1 amide bonds. The molecule has 9 heteroatoms. The van der Waals surface area contributed by atoms with Gasteiger partial charge in [-0.15, -0.1) is 0 Å². The molecule has 2 aromatic heterocycles. The molecule has 1 aliphatic rings. The molecule has 4 rings (SSSR count). The predicted octanol–water partition coefficient (Wildman–Crippen LogP) is 3.82. The summed E-state index contributed by atoms with van der Waals surface area (Å²) in [7, 11) is 1.66. The molecular formula is C23H26ClN5O3. The molecule has 0 unspecified atom stereocenters. The first-order valence-electron chi connectivity index (χ1n) is 10.7. The second kappa shape index (κ2) is 10.6. The second-order valence-electron chi connectivity index (χ2n) is 7.71. The zero-order chi connectivity index (χ0) is 22.3. The number of halogens is 1. The largest absolute Gasteiger partial charge is 0.385 e. The van der Waals surface area contributed by atoms with Crippen LogP contribution in [0.25, 0.3) is 22.8 Å². The number of rotatable bonds is 8. The fourth-order valence-electron chi connectivity index (χ4n) is 3.82. The van der Waals surface area contributed by atoms with Gasteiger partial charge >= 0.3 is 0 Å². The van der Waals surface area contributed by atoms with E-state index in [1.807, 2.05) is 24.3 Å². The number of hydrogen-bond acceptors (Lipinski definition) is 7. The zero-order valence-corrected chi connectivity index (χ0v) is 18.7. The van der Waals surface area contributed by atoms with E-state index in [1.165, 1.54) is 0 Å². The number of anilines is 1. The van der Waals surface area contributed by atoms with Crippen LogP contribution >= 0.6 is 11.6 Å². The fourth-order valence-corrected chi connectivity index (χ4v) is 4.01. The van der Waals surface area contributed by atoms with Crippen LogP contribution in [-0.2, 0) is 9.53 Å². The molecule has 0 aliphatic carbocycles. The van der Waals surface area contributed by atoms with Crippen LogP contribution in [0.2, 0.25) is 5.02 Å². The van der Waals surface area contributed by atoms with E-state index in [0.29, 0.717) is 29.9 Å². The summed E-state index contributed by atoms with van der Waals surface area (Å²) in [6.07, 6.45) is 4.11. The smallest absolute Gasteiger partial charge is 0.261 e. The van der Waals surface area contributed by atoms with E-state index in [9.17, 15) is 4.79 Å². The van der Waals surface area contributed by atoms with Crippen molar-refractivity contribution in [2.45, 2.75) is 19.3 Å². The van der Waals surface area contributed by atoms with Crippen LogP contribution in [-0.4, -0.2) is 54.4 Å². The van der Waals surface area contributed by atoms with Crippen molar-refractivity contribution in [3.63, 3.8) is 0 Å². The molecule has 0 radical (unpaired) electrons. The molecule has 1 saturated heterocycles. The van der Waals surface area contributed by atoms with Gasteiger partial charge in [0.05, 0.1) is 5.56 Å². The summed E-state index contributed by atoms with van der Waals surface area (Å²) >= 11 is 6.08. The Kier molecular flexibility index (Phi) is 7.34. The molecule has 1 N–H and O–H groups in total. The van der Waals surface area contributed by atoms with E-state index in [1.54, 1.807) is 25.4 Å². The third-order valence-corrected chi connectivity index (χ3v) is 5.75. The number of piperidine rings is 1. The summed E-state index contributed by atoms with van der Waals surface area (Å²) in [5.74, 6) is 1.79. The summed E-state index contributed by atoms with van der Waals surface area (Å²) < 4.78 is 10.6. The maximum Gasteiger partial charge on any atom is 0.261 e. The maximum absolute atomic E-state index is 12.4. The molecule has 1 aliphatic heterocycles. The number of aromatic nitrogens is 3. The molecule has 32 heavy (non-hydrogen) atoms. The third-order valence-electron chi connectivity index (χ3n) is 5.52. The van der Waals surface area contributed by atoms with Gasteiger partial charge in [0, 0.05) is 56.1 Å². The summed E-state index contributed by atoms with van der Waals surface area (Å²) in [5.41, 5.74) is 1.56. The zero-order valence-electron chi connectivity index (χ0n) is 18.0. The van der Waals surface area contributed by atoms with Crippen molar-refractivity contribution < 1.29 is 14.1 Å². The van der Waals surface area contributed by atoms with Gasteiger partial charge in [-0.05, 0) is 43.5 Å². The number of benzene rings is 1. The van der Waals surface area contributed by atoms with Gasteiger partial charge in [0.1, 0.15) is 5.82 Å². The number of ether oxygens (including phenoxy) is 1. The standard InChI is InChI=1S/C23H26ClN5O3/c1-31-14-4-11-26-22(30)16-8-12-29(13-9-16)21-19(7-3-10-25-21)23-27-20(28-32-23)17-5-2-6-18(24)15-17/h2-3,5-7,10,15-16H,4,8-9,11-14H2,1H3,(H,26,30). The predicted molar refractivity (Wildman–Crippen MR) is 122 cm³/mol. The number of carbonyl (C=O) groups is 1. The molecule has 0 spiro atoms. The van der Waals surface area contributed by atoms with Crippen molar-refractivity contribution in [2.24, 2.45) is 5.92 Å². The van der Waals surface area contributed by atoms with Gasteiger partial charge in [-0.1, -0.05) is 28.9 Å². The van der Waals surface area contributed by atoms with Gasteiger partial charge in [-0.25, -0.2) is 4.98 Å². The van der Waals surface area contributed by atoms with Crippen molar-refractivity contribution in [3.05, 3.63) is 47.6 Å². The normalized spacial score (nSPS) is 14.5. The van der Waals surface area contributed by atoms with Crippen LogP contribution in [0.15, 0.2) is 47.1 Å². The van der Waals surface area contributed by atoms with E-state index in [4.69, 9.17) is 20.9 Å². The summed E-state index contributed by atoms with van der Waals surface area (Å²) in [4.78, 5) is 23.7. The summed E-state index contributed by atoms with van der Waals surface area (Å²) in [6.45, 7) is 2.75. The molecule has 1 aromatic carbocycles. The SMILES string of the molecule is COCCCNC(=O)C1CCN(c2ncccc2-c2nc(-c3cccc(Cl)c3)no2)CC1. The van der Waals surface area contributed by atoms with Crippen LogP contribution in [0, 0.1) is 5.92 Å². The molecule has 0 saturated carbocycles.